The van der Waals surface area contributed by atoms with Crippen molar-refractivity contribution >= 4 is 28.8 Å². The molecule has 1 aromatic rings. The molecule has 1 aromatic carbocycles. The van der Waals surface area contributed by atoms with Gasteiger partial charge in [0.05, 0.1) is 10.8 Å². The lowest BCUT2D eigenvalue weighted by atomic mass is 10.1. The normalized spacial score (nSPS) is 9.08. The lowest BCUT2D eigenvalue weighted by Crippen LogP contribution is -1.91. The van der Waals surface area contributed by atoms with Crippen LogP contribution < -0.4 is 0 Å². The van der Waals surface area contributed by atoms with Gasteiger partial charge >= 0.3 is 0 Å². The van der Waals surface area contributed by atoms with Crippen molar-refractivity contribution in [1.82, 2.24) is 0 Å². The van der Waals surface area contributed by atoms with Crippen LogP contribution >= 0.6 is 12.2 Å². The minimum atomic E-state index is 0.0285. The second kappa shape index (κ2) is 4.08. The Labute approximate surface area is 82.3 Å². The van der Waals surface area contributed by atoms with Gasteiger partial charge in [-0.1, -0.05) is 12.1 Å². The van der Waals surface area contributed by atoms with Gasteiger partial charge in [-0.3, -0.25) is 4.79 Å². The first-order valence-corrected chi connectivity index (χ1v) is 4.25. The summed E-state index contributed by atoms with van der Waals surface area (Å²) < 4.78 is 0. The highest BCUT2D eigenvalue weighted by Crippen LogP contribution is 2.19. The molecular formula is C10H9NOS. The molecule has 0 aliphatic carbocycles. The van der Waals surface area contributed by atoms with Crippen molar-refractivity contribution in [3.05, 3.63) is 29.3 Å². The zero-order valence-corrected chi connectivity index (χ0v) is 8.31. The first-order valence-electron chi connectivity index (χ1n) is 3.84. The fourth-order valence-corrected chi connectivity index (χ4v) is 1.10. The van der Waals surface area contributed by atoms with Crippen molar-refractivity contribution in [2.24, 2.45) is 4.99 Å². The highest BCUT2D eigenvalue weighted by Gasteiger charge is 2.02. The highest BCUT2D eigenvalue weighted by atomic mass is 32.1. The number of carbonyl (C=O) groups excluding carboxylic acids is 1. The summed E-state index contributed by atoms with van der Waals surface area (Å²) in [7, 11) is 0. The lowest BCUT2D eigenvalue weighted by Gasteiger charge is -2.00. The predicted octanol–water partition coefficient (Wildman–Crippen LogP) is 2.93. The minimum absolute atomic E-state index is 0.0285. The molecule has 0 heterocycles. The molecule has 0 saturated heterocycles. The number of aliphatic imine (C=N–C) groups is 1. The summed E-state index contributed by atoms with van der Waals surface area (Å²) in [6, 6.07) is 5.35. The monoisotopic (exact) mass is 191 g/mol. The van der Waals surface area contributed by atoms with Crippen LogP contribution in [-0.2, 0) is 0 Å². The predicted molar refractivity (Wildman–Crippen MR) is 55.9 cm³/mol. The molecule has 13 heavy (non-hydrogen) atoms. The van der Waals surface area contributed by atoms with Gasteiger partial charge in [-0.05, 0) is 37.7 Å². The first-order chi connectivity index (χ1) is 6.15. The molecule has 3 heteroatoms. The maximum atomic E-state index is 11.0. The number of benzene rings is 1. The molecule has 0 aliphatic rings. The molecule has 1 rings (SSSR count). The van der Waals surface area contributed by atoms with Crippen molar-refractivity contribution in [2.45, 2.75) is 13.8 Å². The Morgan fingerprint density at radius 2 is 2.23 bits per heavy atom. The maximum absolute atomic E-state index is 11.0. The molecule has 0 radical (unpaired) electrons. The van der Waals surface area contributed by atoms with Gasteiger partial charge in [-0.15, -0.1) is 0 Å². The number of thiocarbonyl (C=S) groups is 1. The van der Waals surface area contributed by atoms with E-state index in [0.29, 0.717) is 11.3 Å². The van der Waals surface area contributed by atoms with Gasteiger partial charge in [-0.2, -0.15) is 4.99 Å². The zero-order chi connectivity index (χ0) is 9.84. The van der Waals surface area contributed by atoms with Crippen molar-refractivity contribution in [2.75, 3.05) is 0 Å². The van der Waals surface area contributed by atoms with Crippen molar-refractivity contribution < 1.29 is 4.79 Å². The zero-order valence-electron chi connectivity index (χ0n) is 7.50. The third kappa shape index (κ3) is 2.31. The van der Waals surface area contributed by atoms with E-state index in [1.807, 2.05) is 13.0 Å². The topological polar surface area (TPSA) is 29.4 Å². The standard InChI is InChI=1S/C10H9NOS/c1-7-3-4-9(8(2)12)5-10(7)11-6-13/h3-5H,1-2H3. The largest absolute Gasteiger partial charge is 0.295 e. The molecule has 0 N–H and O–H groups in total. The molecule has 0 saturated carbocycles. The van der Waals surface area contributed by atoms with Crippen LogP contribution in [0.5, 0.6) is 0 Å². The Bertz CT molecular complexity index is 392. The van der Waals surface area contributed by atoms with Crippen LogP contribution in [0.25, 0.3) is 0 Å². The van der Waals surface area contributed by atoms with E-state index in [1.165, 1.54) is 6.92 Å². The van der Waals surface area contributed by atoms with Gasteiger partial charge < -0.3 is 0 Å². The van der Waals surface area contributed by atoms with Crippen LogP contribution in [0.15, 0.2) is 23.2 Å². The minimum Gasteiger partial charge on any atom is -0.295 e. The van der Waals surface area contributed by atoms with Crippen LogP contribution in [0.3, 0.4) is 0 Å². The molecule has 2 nitrogen and oxygen atoms in total. The molecule has 0 amide bonds. The Morgan fingerprint density at radius 3 is 2.77 bits per heavy atom. The average Bonchev–Trinajstić information content (AvgIpc) is 2.08. The number of isothiocyanates is 1. The molecule has 0 spiro atoms. The summed E-state index contributed by atoms with van der Waals surface area (Å²) in [6.07, 6.45) is 0. The second-order valence-electron chi connectivity index (χ2n) is 2.76. The second-order valence-corrected chi connectivity index (χ2v) is 2.94. The molecule has 0 aromatic heterocycles. The highest BCUT2D eigenvalue weighted by molar-refractivity contribution is 7.78. The Kier molecular flexibility index (Phi) is 3.07. The quantitative estimate of drug-likeness (QED) is 0.408. The number of rotatable bonds is 2. The summed E-state index contributed by atoms with van der Waals surface area (Å²) in [5.74, 6) is 0.0285. The molecule has 0 fully saturated rings. The summed E-state index contributed by atoms with van der Waals surface area (Å²) in [6.45, 7) is 3.44. The van der Waals surface area contributed by atoms with Crippen LogP contribution in [-0.4, -0.2) is 10.9 Å². The summed E-state index contributed by atoms with van der Waals surface area (Å²) >= 11 is 4.50. The molecule has 66 valence electrons. The van der Waals surface area contributed by atoms with Crippen LogP contribution in [0.2, 0.25) is 0 Å². The molecule has 0 bridgehead atoms. The van der Waals surface area contributed by atoms with Gasteiger partial charge in [0.15, 0.2) is 5.78 Å². The third-order valence-electron chi connectivity index (χ3n) is 1.78. The smallest absolute Gasteiger partial charge is 0.159 e. The van der Waals surface area contributed by atoms with E-state index in [1.54, 1.807) is 12.1 Å². The molecule has 0 aliphatic heterocycles. The van der Waals surface area contributed by atoms with Gasteiger partial charge in [0.2, 0.25) is 0 Å². The number of Topliss-reactive ketones (excluding diaryl/α,β-unsaturated/α-hetero) is 1. The maximum Gasteiger partial charge on any atom is 0.159 e. The van der Waals surface area contributed by atoms with Crippen molar-refractivity contribution in [1.29, 1.82) is 0 Å². The summed E-state index contributed by atoms with van der Waals surface area (Å²) in [5.41, 5.74) is 2.35. The number of ketones is 1. The Hall–Kier alpha value is -1.31. The van der Waals surface area contributed by atoms with Gasteiger partial charge in [0.1, 0.15) is 0 Å². The van der Waals surface area contributed by atoms with Crippen LogP contribution in [0.4, 0.5) is 5.69 Å². The Morgan fingerprint density at radius 1 is 1.54 bits per heavy atom. The SMILES string of the molecule is CC(=O)c1ccc(C)c(N=C=S)c1. The van der Waals surface area contributed by atoms with Crippen LogP contribution in [0, 0.1) is 6.92 Å². The van der Waals surface area contributed by atoms with E-state index in [4.69, 9.17) is 0 Å². The summed E-state index contributed by atoms with van der Waals surface area (Å²) in [5, 5.41) is 2.29. The van der Waals surface area contributed by atoms with Gasteiger partial charge in [0.25, 0.3) is 0 Å². The van der Waals surface area contributed by atoms with E-state index in [9.17, 15) is 4.79 Å². The Balaban J connectivity index is 3.26. The molecule has 0 unspecified atom stereocenters. The fourth-order valence-electron chi connectivity index (χ4n) is 0.998. The van der Waals surface area contributed by atoms with Crippen molar-refractivity contribution in [3.63, 3.8) is 0 Å². The lowest BCUT2D eigenvalue weighted by molar-refractivity contribution is 0.101. The van der Waals surface area contributed by atoms with Gasteiger partial charge in [-0.25, -0.2) is 0 Å². The van der Waals surface area contributed by atoms with E-state index in [2.05, 4.69) is 22.4 Å². The molecule has 0 atom stereocenters. The van der Waals surface area contributed by atoms with Gasteiger partial charge in [0, 0.05) is 5.56 Å². The average molecular weight is 191 g/mol. The van der Waals surface area contributed by atoms with E-state index in [0.717, 1.165) is 5.56 Å². The van der Waals surface area contributed by atoms with E-state index >= 15 is 0 Å². The number of hydrogen-bond donors (Lipinski definition) is 0. The summed E-state index contributed by atoms with van der Waals surface area (Å²) in [4.78, 5) is 14.9. The van der Waals surface area contributed by atoms with E-state index in [-0.39, 0.29) is 5.78 Å². The molecular weight excluding hydrogens is 182 g/mol. The first kappa shape index (κ1) is 9.78. The number of hydrogen-bond acceptors (Lipinski definition) is 3. The van der Waals surface area contributed by atoms with Crippen LogP contribution in [0.1, 0.15) is 22.8 Å². The van der Waals surface area contributed by atoms with E-state index < -0.39 is 0 Å². The van der Waals surface area contributed by atoms with Crippen molar-refractivity contribution in [3.8, 4) is 0 Å². The number of aryl methyl sites for hydroxylation is 1. The fraction of sp³-hybridized carbons (Fsp3) is 0.200. The number of nitrogens with zero attached hydrogens (tertiary/aromatic N) is 1. The number of carbonyl (C=O) groups is 1. The third-order valence-corrected chi connectivity index (χ3v) is 1.87.